The van der Waals surface area contributed by atoms with E-state index in [2.05, 4.69) is 20.9 Å². The summed E-state index contributed by atoms with van der Waals surface area (Å²) in [5, 5.41) is 7.00. The summed E-state index contributed by atoms with van der Waals surface area (Å²) in [5.41, 5.74) is 4.38. The maximum atomic E-state index is 5.28. The van der Waals surface area contributed by atoms with Crippen LogP contribution < -0.4 is 16.6 Å². The number of nitrogens with one attached hydrogen (secondary N) is 2. The predicted octanol–water partition coefficient (Wildman–Crippen LogP) is 0.391. The quantitative estimate of drug-likeness (QED) is 0.285. The van der Waals surface area contributed by atoms with Crippen LogP contribution in [0.2, 0.25) is 0 Å². The molecule has 0 aliphatic heterocycles. The largest absolute Gasteiger partial charge is 0.361 e. The van der Waals surface area contributed by atoms with Gasteiger partial charge in [-0.05, 0) is 20.8 Å². The number of nitrogens with two attached hydrogens (primary N) is 1. The molecule has 1 aromatic rings. The normalized spacial score (nSPS) is 13.8. The highest BCUT2D eigenvalue weighted by atomic mass is 16.5. The third kappa shape index (κ3) is 2.47. The Hall–Kier alpha value is -1.56. The van der Waals surface area contributed by atoms with Crippen LogP contribution in [0.1, 0.15) is 30.0 Å². The van der Waals surface area contributed by atoms with Crippen LogP contribution in [0.5, 0.6) is 0 Å². The summed E-state index contributed by atoms with van der Waals surface area (Å²) in [5.74, 6) is 6.61. The first-order chi connectivity index (χ1) is 7.10. The molecule has 4 N–H and O–H groups in total. The van der Waals surface area contributed by atoms with E-state index in [4.69, 9.17) is 10.4 Å². The Kier molecular flexibility index (Phi) is 3.68. The van der Waals surface area contributed by atoms with E-state index in [-0.39, 0.29) is 6.04 Å². The van der Waals surface area contributed by atoms with Gasteiger partial charge < -0.3 is 9.84 Å². The molecule has 0 radical (unpaired) electrons. The molecule has 1 rings (SSSR count). The zero-order chi connectivity index (χ0) is 11.4. The number of hydrogen-bond acceptors (Lipinski definition) is 4. The highest BCUT2D eigenvalue weighted by Gasteiger charge is 2.16. The molecule has 1 atom stereocenters. The maximum Gasteiger partial charge on any atom is 0.205 e. The van der Waals surface area contributed by atoms with Crippen molar-refractivity contribution in [2.24, 2.45) is 10.8 Å². The summed E-state index contributed by atoms with van der Waals surface area (Å²) in [6, 6.07) is 0.0472. The molecule has 0 saturated carbocycles. The number of aryl methyl sites for hydroxylation is 2. The number of aliphatic imine (C=N–C) groups is 1. The van der Waals surface area contributed by atoms with Crippen molar-refractivity contribution in [3.05, 3.63) is 17.0 Å². The Labute approximate surface area is 88.9 Å². The molecule has 0 saturated heterocycles. The third-order valence-corrected chi connectivity index (χ3v) is 2.24. The second-order valence-corrected chi connectivity index (χ2v) is 3.32. The average molecular weight is 211 g/mol. The summed E-state index contributed by atoms with van der Waals surface area (Å²) < 4.78 is 5.08. The van der Waals surface area contributed by atoms with Gasteiger partial charge in [-0.2, -0.15) is 0 Å². The molecule has 1 unspecified atom stereocenters. The topological polar surface area (TPSA) is 88.5 Å². The van der Waals surface area contributed by atoms with E-state index >= 15 is 0 Å². The van der Waals surface area contributed by atoms with Crippen molar-refractivity contribution in [1.29, 1.82) is 0 Å². The minimum absolute atomic E-state index is 0.0472. The van der Waals surface area contributed by atoms with Crippen LogP contribution in [0.4, 0.5) is 0 Å². The highest BCUT2D eigenvalue weighted by molar-refractivity contribution is 5.79. The van der Waals surface area contributed by atoms with Crippen LogP contribution >= 0.6 is 0 Å². The van der Waals surface area contributed by atoms with E-state index in [9.17, 15) is 0 Å². The minimum Gasteiger partial charge on any atom is -0.361 e. The molecule has 0 aliphatic carbocycles. The zero-order valence-corrected chi connectivity index (χ0v) is 9.46. The average Bonchev–Trinajstić information content (AvgIpc) is 2.55. The Morgan fingerprint density at radius 1 is 1.53 bits per heavy atom. The van der Waals surface area contributed by atoms with Crippen LogP contribution in [0.25, 0.3) is 0 Å². The van der Waals surface area contributed by atoms with Gasteiger partial charge in [0.15, 0.2) is 0 Å². The van der Waals surface area contributed by atoms with Gasteiger partial charge in [0.1, 0.15) is 5.76 Å². The van der Waals surface area contributed by atoms with Crippen LogP contribution in [0.3, 0.4) is 0 Å². The van der Waals surface area contributed by atoms with Gasteiger partial charge in [0.05, 0.1) is 11.7 Å². The molecule has 0 spiro atoms. The van der Waals surface area contributed by atoms with Crippen molar-refractivity contribution in [2.45, 2.75) is 26.8 Å². The van der Waals surface area contributed by atoms with Gasteiger partial charge in [-0.15, -0.1) is 0 Å². The van der Waals surface area contributed by atoms with E-state index in [1.165, 1.54) is 0 Å². The summed E-state index contributed by atoms with van der Waals surface area (Å²) in [7, 11) is 1.66. The van der Waals surface area contributed by atoms with E-state index in [0.717, 1.165) is 17.0 Å². The minimum atomic E-state index is 0.0472. The Balaban J connectivity index is 2.81. The summed E-state index contributed by atoms with van der Waals surface area (Å²) in [6.07, 6.45) is 0. The molecule has 0 aromatic carbocycles. The van der Waals surface area contributed by atoms with Gasteiger partial charge in [0, 0.05) is 12.6 Å². The molecule has 0 bridgehead atoms. The van der Waals surface area contributed by atoms with E-state index in [1.807, 2.05) is 20.8 Å². The molecule has 15 heavy (non-hydrogen) atoms. The molecule has 1 aromatic heterocycles. The highest BCUT2D eigenvalue weighted by Crippen LogP contribution is 2.20. The first-order valence-corrected chi connectivity index (χ1v) is 4.72. The molecule has 6 heteroatoms. The summed E-state index contributed by atoms with van der Waals surface area (Å²) in [6.45, 7) is 5.78. The van der Waals surface area contributed by atoms with Crippen LogP contribution in [-0.4, -0.2) is 18.2 Å². The molecular formula is C9H17N5O. The Morgan fingerprint density at radius 3 is 2.60 bits per heavy atom. The van der Waals surface area contributed by atoms with Gasteiger partial charge in [-0.3, -0.25) is 10.4 Å². The van der Waals surface area contributed by atoms with Gasteiger partial charge >= 0.3 is 0 Å². The zero-order valence-electron chi connectivity index (χ0n) is 9.46. The second kappa shape index (κ2) is 4.79. The number of hydrazine groups is 1. The molecule has 0 aliphatic rings. The van der Waals surface area contributed by atoms with Crippen molar-refractivity contribution in [2.75, 3.05) is 7.05 Å². The fourth-order valence-electron chi connectivity index (χ4n) is 1.56. The number of aromatic nitrogens is 1. The smallest absolute Gasteiger partial charge is 0.205 e. The molecule has 0 amide bonds. The van der Waals surface area contributed by atoms with E-state index in [1.54, 1.807) is 7.05 Å². The van der Waals surface area contributed by atoms with Gasteiger partial charge in [0.2, 0.25) is 5.96 Å². The SMILES string of the molecule is CN=C(NN)NC(C)c1c(C)noc1C. The van der Waals surface area contributed by atoms with Crippen molar-refractivity contribution < 1.29 is 4.52 Å². The lowest BCUT2D eigenvalue weighted by Crippen LogP contribution is -2.42. The Morgan fingerprint density at radius 2 is 2.20 bits per heavy atom. The predicted molar refractivity (Wildman–Crippen MR) is 58.2 cm³/mol. The number of hydrogen-bond donors (Lipinski definition) is 3. The van der Waals surface area contributed by atoms with Crippen molar-refractivity contribution in [3.63, 3.8) is 0 Å². The van der Waals surface area contributed by atoms with Crippen LogP contribution in [0, 0.1) is 13.8 Å². The number of guanidine groups is 1. The van der Waals surface area contributed by atoms with Crippen molar-refractivity contribution in [1.82, 2.24) is 15.9 Å². The molecule has 1 heterocycles. The fraction of sp³-hybridized carbons (Fsp3) is 0.556. The van der Waals surface area contributed by atoms with Gasteiger partial charge in [-0.25, -0.2) is 5.84 Å². The van der Waals surface area contributed by atoms with E-state index in [0.29, 0.717) is 5.96 Å². The Bertz CT molecular complexity index is 338. The lowest BCUT2D eigenvalue weighted by atomic mass is 10.1. The van der Waals surface area contributed by atoms with Gasteiger partial charge in [0.25, 0.3) is 0 Å². The first-order valence-electron chi connectivity index (χ1n) is 4.72. The van der Waals surface area contributed by atoms with Crippen molar-refractivity contribution in [3.8, 4) is 0 Å². The van der Waals surface area contributed by atoms with E-state index < -0.39 is 0 Å². The first kappa shape index (κ1) is 11.5. The van der Waals surface area contributed by atoms with Crippen LogP contribution in [-0.2, 0) is 0 Å². The molecule has 6 nitrogen and oxygen atoms in total. The van der Waals surface area contributed by atoms with Crippen LogP contribution in [0.15, 0.2) is 9.52 Å². The molecule has 0 fully saturated rings. The standard InChI is InChI=1S/C9H17N5O/c1-5(12-9(11-4)13-10)8-6(2)14-15-7(8)3/h5H,10H2,1-4H3,(H2,11,12,13). The molecule has 84 valence electrons. The van der Waals surface area contributed by atoms with Crippen molar-refractivity contribution >= 4 is 5.96 Å². The maximum absolute atomic E-state index is 5.28. The lowest BCUT2D eigenvalue weighted by molar-refractivity contribution is 0.391. The van der Waals surface area contributed by atoms with Gasteiger partial charge in [-0.1, -0.05) is 5.16 Å². The second-order valence-electron chi connectivity index (χ2n) is 3.32. The number of rotatable bonds is 2. The number of nitrogens with zero attached hydrogens (tertiary/aromatic N) is 2. The molecular weight excluding hydrogens is 194 g/mol. The summed E-state index contributed by atoms with van der Waals surface area (Å²) in [4.78, 5) is 3.93. The monoisotopic (exact) mass is 211 g/mol. The summed E-state index contributed by atoms with van der Waals surface area (Å²) >= 11 is 0. The lowest BCUT2D eigenvalue weighted by Gasteiger charge is -2.15. The fourth-order valence-corrected chi connectivity index (χ4v) is 1.56. The third-order valence-electron chi connectivity index (χ3n) is 2.24.